The van der Waals surface area contributed by atoms with E-state index < -0.39 is 5.97 Å². The molecule has 0 atom stereocenters. The van der Waals surface area contributed by atoms with Crippen LogP contribution in [0.5, 0.6) is 5.75 Å². The van der Waals surface area contributed by atoms with E-state index in [0.717, 1.165) is 31.7 Å². The maximum atomic E-state index is 12.4. The Balaban J connectivity index is 1.67. The number of carboxylic acid groups (broad SMARTS) is 1. The van der Waals surface area contributed by atoms with E-state index in [1.165, 1.54) is 0 Å². The second kappa shape index (κ2) is 8.62. The van der Waals surface area contributed by atoms with Gasteiger partial charge in [-0.15, -0.1) is 11.3 Å². The van der Waals surface area contributed by atoms with Gasteiger partial charge in [-0.1, -0.05) is 48.5 Å². The highest BCUT2D eigenvalue weighted by Crippen LogP contribution is 2.40. The molecule has 0 saturated heterocycles. The topological polar surface area (TPSA) is 63.8 Å². The standard InChI is InChI=1S/C28H20N2O3S/c1-16-12-13-23(33-15-18-8-4-6-10-21(18)29-3)25-20(28(31)32)14-22(30-26(16)25)27-17(2)19-9-5-7-11-24(19)34-27/h4-14H,15H2,1-2H3,(H,31,32). The molecule has 0 bridgehead atoms. The number of carboxylic acids is 1. The van der Waals surface area contributed by atoms with Crippen LogP contribution in [0.25, 0.3) is 36.4 Å². The first-order chi connectivity index (χ1) is 16.5. The summed E-state index contributed by atoms with van der Waals surface area (Å²) < 4.78 is 7.21. The van der Waals surface area contributed by atoms with Crippen molar-refractivity contribution in [1.82, 2.24) is 4.98 Å². The predicted octanol–water partition coefficient (Wildman–Crippen LogP) is 7.56. The number of pyridine rings is 1. The molecular weight excluding hydrogens is 444 g/mol. The molecule has 34 heavy (non-hydrogen) atoms. The fourth-order valence-electron chi connectivity index (χ4n) is 4.16. The molecule has 0 aliphatic rings. The number of benzene rings is 3. The van der Waals surface area contributed by atoms with E-state index >= 15 is 0 Å². The quantitative estimate of drug-likeness (QED) is 0.273. The van der Waals surface area contributed by atoms with Gasteiger partial charge in [-0.3, -0.25) is 0 Å². The van der Waals surface area contributed by atoms with Crippen LogP contribution in [0.15, 0.2) is 66.7 Å². The van der Waals surface area contributed by atoms with Crippen molar-refractivity contribution in [3.05, 3.63) is 100 Å². The van der Waals surface area contributed by atoms with E-state index in [9.17, 15) is 9.90 Å². The first-order valence-electron chi connectivity index (χ1n) is 10.7. The van der Waals surface area contributed by atoms with Crippen molar-refractivity contribution in [1.29, 1.82) is 0 Å². The van der Waals surface area contributed by atoms with E-state index in [1.54, 1.807) is 29.5 Å². The number of aromatic nitrogens is 1. The zero-order valence-electron chi connectivity index (χ0n) is 18.6. The minimum atomic E-state index is -1.04. The minimum absolute atomic E-state index is 0.147. The number of rotatable bonds is 5. The summed E-state index contributed by atoms with van der Waals surface area (Å²) in [4.78, 5) is 21.8. The highest BCUT2D eigenvalue weighted by Gasteiger charge is 2.21. The Hall–Kier alpha value is -4.21. The van der Waals surface area contributed by atoms with Gasteiger partial charge in [-0.05, 0) is 54.1 Å². The summed E-state index contributed by atoms with van der Waals surface area (Å²) in [7, 11) is 0. The van der Waals surface area contributed by atoms with Gasteiger partial charge in [0.1, 0.15) is 12.4 Å². The summed E-state index contributed by atoms with van der Waals surface area (Å²) in [5.74, 6) is -0.602. The van der Waals surface area contributed by atoms with Crippen molar-refractivity contribution in [3.63, 3.8) is 0 Å². The number of carbonyl (C=O) groups is 1. The molecule has 0 aliphatic carbocycles. The van der Waals surface area contributed by atoms with Gasteiger partial charge < -0.3 is 9.84 Å². The predicted molar refractivity (Wildman–Crippen MR) is 136 cm³/mol. The number of hydrogen-bond acceptors (Lipinski definition) is 4. The molecule has 166 valence electrons. The van der Waals surface area contributed by atoms with Gasteiger partial charge in [0.15, 0.2) is 5.69 Å². The Morgan fingerprint density at radius 2 is 1.85 bits per heavy atom. The van der Waals surface area contributed by atoms with Gasteiger partial charge in [-0.25, -0.2) is 14.6 Å². The lowest BCUT2D eigenvalue weighted by Crippen LogP contribution is -2.04. The number of aryl methyl sites for hydroxylation is 2. The van der Waals surface area contributed by atoms with Gasteiger partial charge in [0.05, 0.1) is 33.6 Å². The average Bonchev–Trinajstić information content (AvgIpc) is 3.20. The van der Waals surface area contributed by atoms with E-state index in [2.05, 4.69) is 17.0 Å². The Kier molecular flexibility index (Phi) is 5.48. The second-order valence-corrected chi connectivity index (χ2v) is 9.10. The maximum absolute atomic E-state index is 12.4. The van der Waals surface area contributed by atoms with E-state index in [4.69, 9.17) is 16.3 Å². The lowest BCUT2D eigenvalue weighted by molar-refractivity contribution is 0.0698. The number of aromatic carboxylic acids is 1. The molecule has 1 N–H and O–H groups in total. The molecule has 2 aromatic heterocycles. The van der Waals surface area contributed by atoms with Crippen molar-refractivity contribution in [3.8, 4) is 16.3 Å². The monoisotopic (exact) mass is 464 g/mol. The lowest BCUT2D eigenvalue weighted by Gasteiger charge is -2.15. The van der Waals surface area contributed by atoms with Crippen LogP contribution >= 0.6 is 11.3 Å². The summed E-state index contributed by atoms with van der Waals surface area (Å²) in [5.41, 5.74) is 4.60. The van der Waals surface area contributed by atoms with Crippen LogP contribution in [-0.2, 0) is 6.61 Å². The molecule has 0 aliphatic heterocycles. The van der Waals surface area contributed by atoms with Crippen LogP contribution < -0.4 is 4.74 Å². The van der Waals surface area contributed by atoms with Gasteiger partial charge >= 0.3 is 5.97 Å². The molecule has 0 radical (unpaired) electrons. The number of para-hydroxylation sites is 1. The number of fused-ring (bicyclic) bond motifs is 2. The van der Waals surface area contributed by atoms with Crippen LogP contribution in [0.1, 0.15) is 27.0 Å². The van der Waals surface area contributed by atoms with Crippen molar-refractivity contribution in [2.45, 2.75) is 20.5 Å². The van der Waals surface area contributed by atoms with Crippen molar-refractivity contribution >= 4 is 44.0 Å². The fraction of sp³-hybridized carbons (Fsp3) is 0.107. The highest BCUT2D eigenvalue weighted by atomic mass is 32.1. The van der Waals surface area contributed by atoms with Crippen molar-refractivity contribution in [2.24, 2.45) is 0 Å². The van der Waals surface area contributed by atoms with Crippen LogP contribution in [0.4, 0.5) is 5.69 Å². The second-order valence-electron chi connectivity index (χ2n) is 8.05. The first kappa shape index (κ1) is 21.6. The molecule has 6 heteroatoms. The van der Waals surface area contributed by atoms with E-state index in [-0.39, 0.29) is 12.2 Å². The molecule has 0 fully saturated rings. The van der Waals surface area contributed by atoms with Crippen LogP contribution in [0, 0.1) is 20.4 Å². The van der Waals surface area contributed by atoms with Gasteiger partial charge in [-0.2, -0.15) is 0 Å². The summed E-state index contributed by atoms with van der Waals surface area (Å²) in [6.45, 7) is 11.5. The molecule has 5 nitrogen and oxygen atoms in total. The van der Waals surface area contributed by atoms with Gasteiger partial charge in [0.2, 0.25) is 0 Å². The largest absolute Gasteiger partial charge is 0.489 e. The highest BCUT2D eigenvalue weighted by molar-refractivity contribution is 7.22. The van der Waals surface area contributed by atoms with Crippen LogP contribution in [0.2, 0.25) is 0 Å². The summed E-state index contributed by atoms with van der Waals surface area (Å²) in [6, 6.07) is 20.7. The minimum Gasteiger partial charge on any atom is -0.489 e. The molecule has 0 unspecified atom stereocenters. The molecule has 0 spiro atoms. The van der Waals surface area contributed by atoms with Crippen LogP contribution in [-0.4, -0.2) is 16.1 Å². The van der Waals surface area contributed by atoms with Crippen LogP contribution in [0.3, 0.4) is 0 Å². The summed E-state index contributed by atoms with van der Waals surface area (Å²) in [6.07, 6.45) is 0. The third kappa shape index (κ3) is 3.66. The molecular formula is C28H20N2O3S. The molecule has 5 rings (SSSR count). The molecule has 0 saturated carbocycles. The summed E-state index contributed by atoms with van der Waals surface area (Å²) in [5, 5.41) is 11.7. The van der Waals surface area contributed by atoms with Crippen molar-refractivity contribution in [2.75, 3.05) is 0 Å². The smallest absolute Gasteiger partial charge is 0.336 e. The van der Waals surface area contributed by atoms with Gasteiger partial charge in [0.25, 0.3) is 0 Å². The average molecular weight is 465 g/mol. The lowest BCUT2D eigenvalue weighted by atomic mass is 10.0. The zero-order chi connectivity index (χ0) is 23.8. The van der Waals surface area contributed by atoms with E-state index in [0.29, 0.717) is 28.0 Å². The SMILES string of the molecule is [C-]#[N+]c1ccccc1COc1ccc(C)c2nc(-c3sc4ccccc4c3C)cc(C(=O)O)c12. The molecule has 5 aromatic rings. The van der Waals surface area contributed by atoms with E-state index in [1.807, 2.05) is 50.2 Å². The normalized spacial score (nSPS) is 11.0. The maximum Gasteiger partial charge on any atom is 0.336 e. The summed E-state index contributed by atoms with van der Waals surface area (Å²) >= 11 is 1.61. The Bertz CT molecular complexity index is 1630. The number of ether oxygens (including phenoxy) is 1. The third-order valence-corrected chi connectivity index (χ3v) is 7.22. The molecule has 2 heterocycles. The molecule has 3 aromatic carbocycles. The Labute approximate surface area is 200 Å². The zero-order valence-corrected chi connectivity index (χ0v) is 19.4. The fourth-order valence-corrected chi connectivity index (χ4v) is 5.33. The first-order valence-corrected chi connectivity index (χ1v) is 11.5. The Morgan fingerprint density at radius 1 is 1.09 bits per heavy atom. The molecule has 0 amide bonds. The number of thiophene rings is 1. The van der Waals surface area contributed by atoms with Gasteiger partial charge in [0, 0.05) is 4.70 Å². The Morgan fingerprint density at radius 3 is 2.62 bits per heavy atom. The van der Waals surface area contributed by atoms with Crippen molar-refractivity contribution < 1.29 is 14.6 Å². The third-order valence-electron chi connectivity index (χ3n) is 5.93. The number of nitrogens with zero attached hydrogens (tertiary/aromatic N) is 2. The number of hydrogen-bond donors (Lipinski definition) is 1.